The molecule has 0 radical (unpaired) electrons. The van der Waals surface area contributed by atoms with E-state index in [1.165, 1.54) is 25.7 Å². The number of ether oxygens (including phenoxy) is 4. The molecule has 1 unspecified atom stereocenters. The van der Waals surface area contributed by atoms with Gasteiger partial charge in [-0.1, -0.05) is 33.1 Å². The van der Waals surface area contributed by atoms with Gasteiger partial charge in [-0.15, -0.1) is 0 Å². The Morgan fingerprint density at radius 2 is 1.67 bits per heavy atom. The van der Waals surface area contributed by atoms with Gasteiger partial charge in [0.05, 0.1) is 6.61 Å². The van der Waals surface area contributed by atoms with Crippen LogP contribution in [0.2, 0.25) is 0 Å². The predicted molar refractivity (Wildman–Crippen MR) is 96.2 cm³/mol. The van der Waals surface area contributed by atoms with E-state index in [0.29, 0.717) is 38.8 Å². The maximum Gasteiger partial charge on any atom is 0.305 e. The van der Waals surface area contributed by atoms with Gasteiger partial charge in [0.25, 0.3) is 0 Å². The molecule has 0 aromatic rings. The highest BCUT2D eigenvalue weighted by Crippen LogP contribution is 2.12. The van der Waals surface area contributed by atoms with Crippen LogP contribution in [0.25, 0.3) is 0 Å². The van der Waals surface area contributed by atoms with Crippen molar-refractivity contribution in [2.75, 3.05) is 46.8 Å². The first-order valence-electron chi connectivity index (χ1n) is 9.54. The number of rotatable bonds is 18. The molecular formula is C19H38O5. The number of hydrogen-bond donors (Lipinski definition) is 0. The average molecular weight is 347 g/mol. The molecule has 0 aromatic heterocycles. The van der Waals surface area contributed by atoms with Crippen molar-refractivity contribution in [3.05, 3.63) is 0 Å². The van der Waals surface area contributed by atoms with Gasteiger partial charge in [-0.25, -0.2) is 0 Å². The summed E-state index contributed by atoms with van der Waals surface area (Å²) >= 11 is 0. The average Bonchev–Trinajstić information content (AvgIpc) is 2.59. The second-order valence-electron chi connectivity index (χ2n) is 6.13. The van der Waals surface area contributed by atoms with Crippen LogP contribution in [0.5, 0.6) is 0 Å². The molecule has 1 atom stereocenters. The van der Waals surface area contributed by atoms with Gasteiger partial charge in [0.1, 0.15) is 6.61 Å². The first-order valence-corrected chi connectivity index (χ1v) is 9.54. The molecule has 0 saturated carbocycles. The molecule has 0 N–H and O–H groups in total. The Bertz CT molecular complexity index is 270. The molecule has 0 rings (SSSR count). The van der Waals surface area contributed by atoms with E-state index in [2.05, 4.69) is 13.8 Å². The third-order valence-corrected chi connectivity index (χ3v) is 3.94. The quantitative estimate of drug-likeness (QED) is 0.277. The van der Waals surface area contributed by atoms with Gasteiger partial charge in [-0.05, 0) is 31.6 Å². The van der Waals surface area contributed by atoms with Crippen molar-refractivity contribution < 1.29 is 23.7 Å². The molecule has 0 saturated heterocycles. The van der Waals surface area contributed by atoms with E-state index in [4.69, 9.17) is 18.9 Å². The van der Waals surface area contributed by atoms with Crippen molar-refractivity contribution in [3.8, 4) is 0 Å². The lowest BCUT2D eigenvalue weighted by molar-refractivity contribution is -0.145. The molecule has 0 bridgehead atoms. The number of carbonyl (C=O) groups excluding carboxylic acids is 1. The summed E-state index contributed by atoms with van der Waals surface area (Å²) in [7, 11) is 1.66. The largest absolute Gasteiger partial charge is 0.463 e. The molecule has 0 fully saturated rings. The lowest BCUT2D eigenvalue weighted by Gasteiger charge is -2.14. The van der Waals surface area contributed by atoms with E-state index >= 15 is 0 Å². The predicted octanol–water partition coefficient (Wildman–Crippen LogP) is 3.99. The van der Waals surface area contributed by atoms with Crippen LogP contribution in [0.15, 0.2) is 0 Å². The first-order chi connectivity index (χ1) is 11.7. The summed E-state index contributed by atoms with van der Waals surface area (Å²) in [4.78, 5) is 11.4. The molecule has 0 spiro atoms. The second kappa shape index (κ2) is 18.7. The summed E-state index contributed by atoms with van der Waals surface area (Å²) < 4.78 is 21.2. The number of hydrogen-bond acceptors (Lipinski definition) is 5. The number of unbranched alkanes of at least 4 members (excludes halogenated alkanes) is 2. The Kier molecular flexibility index (Phi) is 18.2. The minimum absolute atomic E-state index is 0.157. The maximum absolute atomic E-state index is 11.4. The van der Waals surface area contributed by atoms with Crippen LogP contribution in [-0.4, -0.2) is 52.7 Å². The van der Waals surface area contributed by atoms with Gasteiger partial charge in [0.15, 0.2) is 0 Å². The fourth-order valence-corrected chi connectivity index (χ4v) is 2.32. The highest BCUT2D eigenvalue weighted by atomic mass is 16.6. The molecule has 144 valence electrons. The minimum Gasteiger partial charge on any atom is -0.463 e. The van der Waals surface area contributed by atoms with Gasteiger partial charge in [-0.2, -0.15) is 0 Å². The summed E-state index contributed by atoms with van der Waals surface area (Å²) in [6.45, 7) is 8.18. The van der Waals surface area contributed by atoms with Gasteiger partial charge in [-0.3, -0.25) is 4.79 Å². The summed E-state index contributed by atoms with van der Waals surface area (Å²) in [5, 5.41) is 0. The third kappa shape index (κ3) is 16.2. The van der Waals surface area contributed by atoms with E-state index in [-0.39, 0.29) is 5.97 Å². The van der Waals surface area contributed by atoms with Gasteiger partial charge in [0.2, 0.25) is 0 Å². The smallest absolute Gasteiger partial charge is 0.305 e. The molecular weight excluding hydrogens is 308 g/mol. The molecule has 0 aliphatic carbocycles. The normalized spacial score (nSPS) is 12.3. The zero-order valence-corrected chi connectivity index (χ0v) is 16.0. The van der Waals surface area contributed by atoms with Crippen LogP contribution in [0.4, 0.5) is 0 Å². The SMILES string of the molecule is CCCCC(CC)COCCCOCCOC(=O)CCCCOC. The highest BCUT2D eigenvalue weighted by molar-refractivity contribution is 5.69. The third-order valence-electron chi connectivity index (χ3n) is 3.94. The Morgan fingerprint density at radius 1 is 0.875 bits per heavy atom. The van der Waals surface area contributed by atoms with Gasteiger partial charge >= 0.3 is 5.97 Å². The zero-order valence-electron chi connectivity index (χ0n) is 16.0. The molecule has 24 heavy (non-hydrogen) atoms. The first kappa shape index (κ1) is 23.4. The lowest BCUT2D eigenvalue weighted by atomic mass is 10.0. The fourth-order valence-electron chi connectivity index (χ4n) is 2.32. The summed E-state index contributed by atoms with van der Waals surface area (Å²) in [5.41, 5.74) is 0. The summed E-state index contributed by atoms with van der Waals surface area (Å²) in [5.74, 6) is 0.532. The molecule has 0 heterocycles. The van der Waals surface area contributed by atoms with Crippen molar-refractivity contribution in [1.82, 2.24) is 0 Å². The Hall–Kier alpha value is -0.650. The van der Waals surface area contributed by atoms with Crippen molar-refractivity contribution in [1.29, 1.82) is 0 Å². The summed E-state index contributed by atoms with van der Waals surface area (Å²) in [6, 6.07) is 0. The number of methoxy groups -OCH3 is 1. The highest BCUT2D eigenvalue weighted by Gasteiger charge is 2.05. The van der Waals surface area contributed by atoms with Crippen LogP contribution < -0.4 is 0 Å². The fraction of sp³-hybridized carbons (Fsp3) is 0.947. The van der Waals surface area contributed by atoms with E-state index in [0.717, 1.165) is 32.5 Å². The Labute approximate surface area is 148 Å². The molecule has 0 aromatic carbocycles. The van der Waals surface area contributed by atoms with Crippen LogP contribution in [0.3, 0.4) is 0 Å². The van der Waals surface area contributed by atoms with Crippen molar-refractivity contribution >= 4 is 5.97 Å². The van der Waals surface area contributed by atoms with Crippen LogP contribution in [-0.2, 0) is 23.7 Å². The van der Waals surface area contributed by atoms with E-state index in [1.807, 2.05) is 0 Å². The molecule has 5 heteroatoms. The number of carbonyl (C=O) groups is 1. The van der Waals surface area contributed by atoms with E-state index < -0.39 is 0 Å². The molecule has 5 nitrogen and oxygen atoms in total. The molecule has 0 amide bonds. The van der Waals surface area contributed by atoms with Gasteiger partial charge < -0.3 is 18.9 Å². The van der Waals surface area contributed by atoms with E-state index in [1.54, 1.807) is 7.11 Å². The van der Waals surface area contributed by atoms with Crippen molar-refractivity contribution in [2.45, 2.75) is 65.2 Å². The summed E-state index contributed by atoms with van der Waals surface area (Å²) in [6.07, 6.45) is 8.02. The topological polar surface area (TPSA) is 54.0 Å². The lowest BCUT2D eigenvalue weighted by Crippen LogP contribution is -2.13. The molecule has 0 aliphatic heterocycles. The second-order valence-corrected chi connectivity index (χ2v) is 6.13. The Morgan fingerprint density at radius 3 is 2.38 bits per heavy atom. The van der Waals surface area contributed by atoms with Crippen LogP contribution in [0, 0.1) is 5.92 Å². The van der Waals surface area contributed by atoms with Gasteiger partial charge in [0, 0.05) is 40.0 Å². The number of esters is 1. The zero-order chi connectivity index (χ0) is 17.9. The van der Waals surface area contributed by atoms with Crippen LogP contribution in [0.1, 0.15) is 65.2 Å². The standard InChI is InChI=1S/C19H38O5/c1-4-6-10-18(5-2)17-23-14-9-13-22-15-16-24-19(20)11-7-8-12-21-3/h18H,4-17H2,1-3H3. The van der Waals surface area contributed by atoms with Crippen molar-refractivity contribution in [3.63, 3.8) is 0 Å². The monoisotopic (exact) mass is 346 g/mol. The van der Waals surface area contributed by atoms with E-state index in [9.17, 15) is 4.79 Å². The maximum atomic E-state index is 11.4. The minimum atomic E-state index is -0.157. The van der Waals surface area contributed by atoms with Crippen LogP contribution >= 0.6 is 0 Å². The molecule has 0 aliphatic rings. The Balaban J connectivity index is 3.28. The van der Waals surface area contributed by atoms with Crippen molar-refractivity contribution in [2.24, 2.45) is 5.92 Å².